The molecule has 0 aliphatic carbocycles. The van der Waals surface area contributed by atoms with E-state index in [0.29, 0.717) is 24.5 Å². The fourth-order valence-electron chi connectivity index (χ4n) is 1.64. The van der Waals surface area contributed by atoms with Crippen LogP contribution in [0.3, 0.4) is 0 Å². The molecule has 0 saturated heterocycles. The molecule has 0 radical (unpaired) electrons. The topological polar surface area (TPSA) is 64.2 Å². The predicted octanol–water partition coefficient (Wildman–Crippen LogP) is 1.36. The summed E-state index contributed by atoms with van der Waals surface area (Å²) in [6, 6.07) is 0.156. The fraction of sp³-hybridized carbons (Fsp3) is 0.636. The van der Waals surface area contributed by atoms with E-state index in [1.807, 2.05) is 27.7 Å². The van der Waals surface area contributed by atoms with Crippen LogP contribution >= 0.6 is 0 Å². The molecule has 5 nitrogen and oxygen atoms in total. The minimum Gasteiger partial charge on any atom is -0.396 e. The Morgan fingerprint density at radius 3 is 2.56 bits per heavy atom. The number of hydrogen-bond donors (Lipinski definition) is 1. The first kappa shape index (κ1) is 12.5. The highest BCUT2D eigenvalue weighted by atomic mass is 16.2. The van der Waals surface area contributed by atoms with Gasteiger partial charge in [-0.3, -0.25) is 9.48 Å². The number of nitrogen functional groups attached to an aromatic ring is 1. The van der Waals surface area contributed by atoms with E-state index < -0.39 is 0 Å². The van der Waals surface area contributed by atoms with E-state index in [1.54, 1.807) is 15.8 Å². The van der Waals surface area contributed by atoms with Crippen LogP contribution in [0.4, 0.5) is 5.69 Å². The van der Waals surface area contributed by atoms with Gasteiger partial charge in [0.05, 0.1) is 5.69 Å². The van der Waals surface area contributed by atoms with E-state index in [2.05, 4.69) is 5.10 Å². The molecule has 1 aromatic heterocycles. The van der Waals surface area contributed by atoms with Crippen LogP contribution in [0.5, 0.6) is 0 Å². The maximum atomic E-state index is 12.1. The fourth-order valence-corrected chi connectivity index (χ4v) is 1.64. The van der Waals surface area contributed by atoms with Crippen LogP contribution in [0.15, 0.2) is 6.20 Å². The molecule has 0 aliphatic heterocycles. The summed E-state index contributed by atoms with van der Waals surface area (Å²) in [5.41, 5.74) is 6.59. The molecule has 0 bridgehead atoms. The molecule has 5 heteroatoms. The Hall–Kier alpha value is -1.52. The molecule has 90 valence electrons. The lowest BCUT2D eigenvalue weighted by Crippen LogP contribution is -2.37. The third-order valence-electron chi connectivity index (χ3n) is 2.54. The zero-order valence-electron chi connectivity index (χ0n) is 10.4. The molecule has 0 aliphatic rings. The Kier molecular flexibility index (Phi) is 3.93. The third-order valence-corrected chi connectivity index (χ3v) is 2.54. The minimum absolute atomic E-state index is 0.0952. The first-order valence-corrected chi connectivity index (χ1v) is 5.65. The van der Waals surface area contributed by atoms with Gasteiger partial charge < -0.3 is 10.6 Å². The normalized spacial score (nSPS) is 10.8. The summed E-state index contributed by atoms with van der Waals surface area (Å²) in [6.07, 6.45) is 1.70. The van der Waals surface area contributed by atoms with E-state index in [-0.39, 0.29) is 11.9 Å². The zero-order valence-corrected chi connectivity index (χ0v) is 10.4. The monoisotopic (exact) mass is 224 g/mol. The van der Waals surface area contributed by atoms with Gasteiger partial charge in [0, 0.05) is 25.3 Å². The van der Waals surface area contributed by atoms with E-state index in [0.717, 1.165) is 0 Å². The Morgan fingerprint density at radius 1 is 1.56 bits per heavy atom. The van der Waals surface area contributed by atoms with Gasteiger partial charge in [-0.2, -0.15) is 5.10 Å². The maximum Gasteiger partial charge on any atom is 0.276 e. The number of aromatic nitrogens is 2. The predicted molar refractivity (Wildman–Crippen MR) is 64.2 cm³/mol. The number of carbonyl (C=O) groups is 1. The van der Waals surface area contributed by atoms with Gasteiger partial charge in [0.2, 0.25) is 0 Å². The van der Waals surface area contributed by atoms with Crippen LogP contribution in [0.1, 0.15) is 38.2 Å². The van der Waals surface area contributed by atoms with Crippen molar-refractivity contribution in [2.75, 3.05) is 12.3 Å². The quantitative estimate of drug-likeness (QED) is 0.839. The first-order valence-electron chi connectivity index (χ1n) is 5.65. The van der Waals surface area contributed by atoms with Crippen molar-refractivity contribution in [1.29, 1.82) is 0 Å². The molecule has 0 spiro atoms. The Balaban J connectivity index is 2.98. The summed E-state index contributed by atoms with van der Waals surface area (Å²) in [6.45, 7) is 9.24. The molecule has 1 rings (SSSR count). The molecule has 1 aromatic rings. The van der Waals surface area contributed by atoms with Crippen molar-refractivity contribution >= 4 is 11.6 Å². The first-order chi connectivity index (χ1) is 7.51. The number of anilines is 1. The molecule has 2 N–H and O–H groups in total. The van der Waals surface area contributed by atoms with E-state index in [4.69, 9.17) is 5.73 Å². The number of aryl methyl sites for hydroxylation is 1. The summed E-state index contributed by atoms with van der Waals surface area (Å²) < 4.78 is 1.68. The van der Waals surface area contributed by atoms with Gasteiger partial charge in [-0.15, -0.1) is 0 Å². The lowest BCUT2D eigenvalue weighted by molar-refractivity contribution is 0.0711. The van der Waals surface area contributed by atoms with Crippen LogP contribution in [0, 0.1) is 0 Å². The van der Waals surface area contributed by atoms with Crippen LogP contribution in [-0.2, 0) is 6.54 Å². The van der Waals surface area contributed by atoms with Crippen molar-refractivity contribution in [3.05, 3.63) is 11.9 Å². The average molecular weight is 224 g/mol. The number of hydrogen-bond acceptors (Lipinski definition) is 3. The number of amides is 1. The van der Waals surface area contributed by atoms with Crippen molar-refractivity contribution in [2.45, 2.75) is 40.3 Å². The highest BCUT2D eigenvalue weighted by molar-refractivity contribution is 5.97. The van der Waals surface area contributed by atoms with Crippen molar-refractivity contribution in [1.82, 2.24) is 14.7 Å². The average Bonchev–Trinajstić information content (AvgIpc) is 2.60. The van der Waals surface area contributed by atoms with Crippen LogP contribution in [0.2, 0.25) is 0 Å². The molecule has 0 unspecified atom stereocenters. The Labute approximate surface area is 96.2 Å². The molecule has 0 atom stereocenters. The van der Waals surface area contributed by atoms with Gasteiger partial charge in [-0.05, 0) is 27.7 Å². The summed E-state index contributed by atoms with van der Waals surface area (Å²) in [5, 5.41) is 4.18. The summed E-state index contributed by atoms with van der Waals surface area (Å²) in [5.74, 6) is -0.0952. The van der Waals surface area contributed by atoms with Gasteiger partial charge in [0.1, 0.15) is 0 Å². The van der Waals surface area contributed by atoms with Gasteiger partial charge in [-0.1, -0.05) is 0 Å². The molecule has 1 heterocycles. The van der Waals surface area contributed by atoms with Gasteiger partial charge in [-0.25, -0.2) is 0 Å². The molecular weight excluding hydrogens is 204 g/mol. The smallest absolute Gasteiger partial charge is 0.276 e. The molecule has 0 fully saturated rings. The van der Waals surface area contributed by atoms with Gasteiger partial charge in [0.25, 0.3) is 5.91 Å². The summed E-state index contributed by atoms with van der Waals surface area (Å²) >= 11 is 0. The van der Waals surface area contributed by atoms with Crippen LogP contribution < -0.4 is 5.73 Å². The van der Waals surface area contributed by atoms with Crippen molar-refractivity contribution in [3.8, 4) is 0 Å². The second kappa shape index (κ2) is 5.01. The van der Waals surface area contributed by atoms with Crippen molar-refractivity contribution in [3.63, 3.8) is 0 Å². The summed E-state index contributed by atoms with van der Waals surface area (Å²) in [4.78, 5) is 13.9. The van der Waals surface area contributed by atoms with Gasteiger partial charge >= 0.3 is 0 Å². The largest absolute Gasteiger partial charge is 0.396 e. The van der Waals surface area contributed by atoms with E-state index in [9.17, 15) is 4.79 Å². The number of carbonyl (C=O) groups excluding carboxylic acids is 1. The zero-order chi connectivity index (χ0) is 12.3. The number of nitrogens with zero attached hydrogens (tertiary/aromatic N) is 3. The molecule has 0 aromatic carbocycles. The van der Waals surface area contributed by atoms with E-state index >= 15 is 0 Å². The van der Waals surface area contributed by atoms with Crippen molar-refractivity contribution in [2.24, 2.45) is 0 Å². The second-order valence-corrected chi connectivity index (χ2v) is 3.97. The Bertz CT molecular complexity index is 370. The molecular formula is C11H20N4O. The molecule has 1 amide bonds. The van der Waals surface area contributed by atoms with Crippen molar-refractivity contribution < 1.29 is 4.79 Å². The standard InChI is InChI=1S/C11H20N4O/c1-5-14-7-9(12)10(13-14)11(16)15(6-2)8(3)4/h7-8H,5-6,12H2,1-4H3. The molecule has 16 heavy (non-hydrogen) atoms. The highest BCUT2D eigenvalue weighted by Gasteiger charge is 2.22. The second-order valence-electron chi connectivity index (χ2n) is 3.97. The van der Waals surface area contributed by atoms with Crippen LogP contribution in [0.25, 0.3) is 0 Å². The third kappa shape index (κ3) is 2.35. The van der Waals surface area contributed by atoms with Gasteiger partial charge in [0.15, 0.2) is 5.69 Å². The summed E-state index contributed by atoms with van der Waals surface area (Å²) in [7, 11) is 0. The SMILES string of the molecule is CCN(C(=O)c1nn(CC)cc1N)C(C)C. The van der Waals surface area contributed by atoms with E-state index in [1.165, 1.54) is 0 Å². The molecule has 0 saturated carbocycles. The lowest BCUT2D eigenvalue weighted by atomic mass is 10.2. The maximum absolute atomic E-state index is 12.1. The number of rotatable bonds is 4. The highest BCUT2D eigenvalue weighted by Crippen LogP contribution is 2.13. The Morgan fingerprint density at radius 2 is 2.19 bits per heavy atom. The van der Waals surface area contributed by atoms with Crippen LogP contribution in [-0.4, -0.2) is 33.2 Å². The minimum atomic E-state index is -0.0952. The number of nitrogens with two attached hydrogens (primary N) is 1. The lowest BCUT2D eigenvalue weighted by Gasteiger charge is -2.24.